The minimum Gasteiger partial charge on any atom is -0.348 e. The molecule has 5 rings (SSSR count). The molecular weight excluding hydrogens is 336 g/mol. The van der Waals surface area contributed by atoms with Crippen LogP contribution in [0.15, 0.2) is 73.6 Å². The van der Waals surface area contributed by atoms with E-state index >= 15 is 0 Å². The van der Waals surface area contributed by atoms with E-state index in [0.717, 1.165) is 30.9 Å². The molecule has 1 aromatic carbocycles. The first-order valence-electron chi connectivity index (χ1n) is 9.13. The number of benzene rings is 1. The van der Waals surface area contributed by atoms with Crippen LogP contribution in [0.3, 0.4) is 0 Å². The number of nitrogens with zero attached hydrogens (tertiary/aromatic N) is 5. The lowest BCUT2D eigenvalue weighted by atomic mass is 9.95. The van der Waals surface area contributed by atoms with Crippen molar-refractivity contribution in [1.82, 2.24) is 29.6 Å². The molecule has 0 fully saturated rings. The van der Waals surface area contributed by atoms with Crippen molar-refractivity contribution in [1.29, 1.82) is 0 Å². The molecule has 0 radical (unpaired) electrons. The summed E-state index contributed by atoms with van der Waals surface area (Å²) in [6, 6.07) is 14.7. The normalized spacial score (nSPS) is 17.0. The van der Waals surface area contributed by atoms with Gasteiger partial charge in [0.15, 0.2) is 0 Å². The van der Waals surface area contributed by atoms with Crippen LogP contribution in [0.5, 0.6) is 0 Å². The van der Waals surface area contributed by atoms with E-state index in [0.29, 0.717) is 0 Å². The fourth-order valence-electron chi connectivity index (χ4n) is 3.85. The van der Waals surface area contributed by atoms with Crippen molar-refractivity contribution < 1.29 is 0 Å². The van der Waals surface area contributed by atoms with Crippen molar-refractivity contribution >= 4 is 0 Å². The van der Waals surface area contributed by atoms with Crippen LogP contribution in [0.1, 0.15) is 28.6 Å². The van der Waals surface area contributed by atoms with Crippen LogP contribution in [0.2, 0.25) is 0 Å². The van der Waals surface area contributed by atoms with Crippen molar-refractivity contribution in [3.8, 4) is 5.69 Å². The Morgan fingerprint density at radius 1 is 1.11 bits per heavy atom. The molecule has 0 amide bonds. The predicted octanol–water partition coefficient (Wildman–Crippen LogP) is 3.14. The number of aromatic nitrogens is 5. The summed E-state index contributed by atoms with van der Waals surface area (Å²) < 4.78 is 1.89. The minimum absolute atomic E-state index is 0.107. The van der Waals surface area contributed by atoms with Crippen molar-refractivity contribution in [2.75, 3.05) is 6.54 Å². The molecule has 4 heterocycles. The molecule has 27 heavy (non-hydrogen) atoms. The molecule has 1 aliphatic rings. The molecule has 4 aromatic rings. The second-order valence-electron chi connectivity index (χ2n) is 6.80. The fourth-order valence-corrected chi connectivity index (χ4v) is 3.85. The average molecular weight is 356 g/mol. The van der Waals surface area contributed by atoms with Crippen LogP contribution in [-0.2, 0) is 13.0 Å². The van der Waals surface area contributed by atoms with Crippen molar-refractivity contribution in [3.63, 3.8) is 0 Å². The van der Waals surface area contributed by atoms with Crippen LogP contribution >= 0.6 is 0 Å². The maximum atomic E-state index is 4.66. The Morgan fingerprint density at radius 2 is 2.11 bits per heavy atom. The van der Waals surface area contributed by atoms with Gasteiger partial charge in [0.25, 0.3) is 0 Å². The molecule has 0 saturated heterocycles. The first-order valence-corrected chi connectivity index (χ1v) is 9.13. The number of imidazole rings is 1. The summed E-state index contributed by atoms with van der Waals surface area (Å²) in [5.41, 5.74) is 5.83. The molecule has 3 aromatic heterocycles. The molecule has 6 nitrogen and oxygen atoms in total. The zero-order chi connectivity index (χ0) is 18.1. The third kappa shape index (κ3) is 3.04. The number of hydrogen-bond donors (Lipinski definition) is 1. The summed E-state index contributed by atoms with van der Waals surface area (Å²) in [7, 11) is 0. The van der Waals surface area contributed by atoms with E-state index < -0.39 is 0 Å². The molecule has 6 heteroatoms. The summed E-state index contributed by atoms with van der Waals surface area (Å²) in [6.07, 6.45) is 10.3. The van der Waals surface area contributed by atoms with Gasteiger partial charge in [-0.3, -0.25) is 9.88 Å². The van der Waals surface area contributed by atoms with E-state index in [2.05, 4.69) is 55.3 Å². The number of pyridine rings is 1. The van der Waals surface area contributed by atoms with E-state index in [1.807, 2.05) is 41.7 Å². The standard InChI is InChI=1S/C21H20N6/c1-5-17(12-18(6-1)27-10-3-9-25-27)21-20-19(23-15-24-20)7-11-26(21)14-16-4-2-8-22-13-16/h1-6,8-10,12-13,15,21H,7,11,14H2,(H,23,24)/t21-/m0/s1. The SMILES string of the molecule is c1cncc(CN2CCc3[nH]cnc3[C@@H]2c2cccc(-n3cccn3)c2)c1. The summed E-state index contributed by atoms with van der Waals surface area (Å²) in [5.74, 6) is 0. The van der Waals surface area contributed by atoms with Crippen molar-refractivity contribution in [3.05, 3.63) is 96.1 Å². The summed E-state index contributed by atoms with van der Waals surface area (Å²) >= 11 is 0. The monoisotopic (exact) mass is 356 g/mol. The maximum absolute atomic E-state index is 4.66. The fraction of sp³-hybridized carbons (Fsp3) is 0.190. The number of fused-ring (bicyclic) bond motifs is 1. The largest absolute Gasteiger partial charge is 0.348 e. The molecule has 134 valence electrons. The summed E-state index contributed by atoms with van der Waals surface area (Å²) in [6.45, 7) is 1.82. The Hall–Kier alpha value is -3.25. The van der Waals surface area contributed by atoms with E-state index in [-0.39, 0.29) is 6.04 Å². The molecule has 1 aliphatic heterocycles. The smallest absolute Gasteiger partial charge is 0.0926 e. The second kappa shape index (κ2) is 6.81. The molecule has 0 unspecified atom stereocenters. The zero-order valence-corrected chi connectivity index (χ0v) is 14.9. The number of nitrogens with one attached hydrogen (secondary N) is 1. The lowest BCUT2D eigenvalue weighted by Crippen LogP contribution is -2.35. The molecule has 0 bridgehead atoms. The average Bonchev–Trinajstić information content (AvgIpc) is 3.41. The highest BCUT2D eigenvalue weighted by molar-refractivity contribution is 5.41. The molecule has 0 saturated carbocycles. The summed E-state index contributed by atoms with van der Waals surface area (Å²) in [4.78, 5) is 14.7. The first kappa shape index (κ1) is 16.0. The zero-order valence-electron chi connectivity index (χ0n) is 14.9. The van der Waals surface area contributed by atoms with E-state index in [9.17, 15) is 0 Å². The van der Waals surface area contributed by atoms with E-state index in [1.165, 1.54) is 16.8 Å². The van der Waals surface area contributed by atoms with Gasteiger partial charge in [0.2, 0.25) is 0 Å². The van der Waals surface area contributed by atoms with Crippen LogP contribution in [0.4, 0.5) is 0 Å². The Labute approximate surface area is 157 Å². The lowest BCUT2D eigenvalue weighted by Gasteiger charge is -2.35. The number of rotatable bonds is 4. The first-order chi connectivity index (χ1) is 13.4. The van der Waals surface area contributed by atoms with E-state index in [4.69, 9.17) is 0 Å². The van der Waals surface area contributed by atoms with Gasteiger partial charge in [0.1, 0.15) is 0 Å². The molecule has 1 N–H and O–H groups in total. The topological polar surface area (TPSA) is 62.6 Å². The third-order valence-corrected chi connectivity index (χ3v) is 5.09. The molecular formula is C21H20N6. The number of H-pyrrole nitrogens is 1. The van der Waals surface area contributed by atoms with Crippen LogP contribution in [0.25, 0.3) is 5.69 Å². The van der Waals surface area contributed by atoms with Gasteiger partial charge in [-0.05, 0) is 35.4 Å². The maximum Gasteiger partial charge on any atom is 0.0926 e. The Morgan fingerprint density at radius 3 is 2.96 bits per heavy atom. The molecule has 0 spiro atoms. The summed E-state index contributed by atoms with van der Waals surface area (Å²) in [5, 5.41) is 4.37. The van der Waals surface area contributed by atoms with Crippen molar-refractivity contribution in [2.45, 2.75) is 19.0 Å². The highest BCUT2D eigenvalue weighted by Gasteiger charge is 2.31. The highest BCUT2D eigenvalue weighted by atomic mass is 15.3. The van der Waals surface area contributed by atoms with Gasteiger partial charge in [-0.15, -0.1) is 0 Å². The van der Waals surface area contributed by atoms with E-state index in [1.54, 1.807) is 6.20 Å². The van der Waals surface area contributed by atoms with Crippen LogP contribution in [-0.4, -0.2) is 36.2 Å². The quantitative estimate of drug-likeness (QED) is 0.610. The van der Waals surface area contributed by atoms with Gasteiger partial charge >= 0.3 is 0 Å². The van der Waals surface area contributed by atoms with Gasteiger partial charge in [-0.2, -0.15) is 5.10 Å². The Kier molecular flexibility index (Phi) is 4.03. The van der Waals surface area contributed by atoms with Crippen molar-refractivity contribution in [2.24, 2.45) is 0 Å². The minimum atomic E-state index is 0.107. The Bertz CT molecular complexity index is 1020. The molecule has 0 aliphatic carbocycles. The lowest BCUT2D eigenvalue weighted by molar-refractivity contribution is 0.200. The van der Waals surface area contributed by atoms with Crippen LogP contribution in [0, 0.1) is 0 Å². The van der Waals surface area contributed by atoms with Gasteiger partial charge in [0, 0.05) is 50.0 Å². The Balaban J connectivity index is 1.55. The number of hydrogen-bond acceptors (Lipinski definition) is 4. The molecule has 1 atom stereocenters. The van der Waals surface area contributed by atoms with Crippen LogP contribution < -0.4 is 0 Å². The second-order valence-corrected chi connectivity index (χ2v) is 6.80. The van der Waals surface area contributed by atoms with Gasteiger partial charge in [0.05, 0.1) is 23.8 Å². The number of aromatic amines is 1. The predicted molar refractivity (Wildman–Crippen MR) is 102 cm³/mol. The van der Waals surface area contributed by atoms with Gasteiger partial charge in [-0.25, -0.2) is 9.67 Å². The third-order valence-electron chi connectivity index (χ3n) is 5.09. The highest BCUT2D eigenvalue weighted by Crippen LogP contribution is 2.35. The van der Waals surface area contributed by atoms with Gasteiger partial charge < -0.3 is 4.98 Å². The van der Waals surface area contributed by atoms with Gasteiger partial charge in [-0.1, -0.05) is 18.2 Å².